The Morgan fingerprint density at radius 1 is 1.02 bits per heavy atom. The van der Waals surface area contributed by atoms with Crippen LogP contribution < -0.4 is 14.4 Å². The molecule has 0 radical (unpaired) electrons. The number of nitro groups is 1. The van der Waals surface area contributed by atoms with Crippen molar-refractivity contribution in [2.24, 2.45) is 0 Å². The van der Waals surface area contributed by atoms with E-state index in [2.05, 4.69) is 5.32 Å². The van der Waals surface area contributed by atoms with E-state index >= 15 is 0 Å². The highest BCUT2D eigenvalue weighted by Gasteiger charge is 2.34. The SMILES string of the molecule is COc1ccc(N(CC(=O)N(Cc2ccccc2C)C(C)C(=O)NC2CCCC2)S(=O)(=O)c2ccc(C)c([N+](=O)[O-])c2)cc1. The first-order valence-corrected chi connectivity index (χ1v) is 15.9. The summed E-state index contributed by atoms with van der Waals surface area (Å²) in [6.45, 7) is 4.48. The molecule has 0 aliphatic heterocycles. The Kier molecular flexibility index (Phi) is 10.3. The number of methoxy groups -OCH3 is 1. The van der Waals surface area contributed by atoms with Crippen LogP contribution in [0.5, 0.6) is 5.75 Å². The van der Waals surface area contributed by atoms with E-state index in [9.17, 15) is 28.1 Å². The lowest BCUT2D eigenvalue weighted by Crippen LogP contribution is -2.52. The van der Waals surface area contributed by atoms with Gasteiger partial charge in [-0.05, 0) is 75.1 Å². The number of rotatable bonds is 12. The van der Waals surface area contributed by atoms with Gasteiger partial charge in [-0.3, -0.25) is 24.0 Å². The average Bonchev–Trinajstić information content (AvgIpc) is 3.52. The van der Waals surface area contributed by atoms with E-state index in [1.807, 2.05) is 31.2 Å². The van der Waals surface area contributed by atoms with Gasteiger partial charge in [0.25, 0.3) is 15.7 Å². The van der Waals surface area contributed by atoms with Crippen LogP contribution in [0.15, 0.2) is 71.6 Å². The highest BCUT2D eigenvalue weighted by molar-refractivity contribution is 7.92. The Hall–Kier alpha value is -4.45. The first-order valence-electron chi connectivity index (χ1n) is 14.5. The number of carbonyl (C=O) groups is 2. The number of hydrogen-bond donors (Lipinski definition) is 1. The monoisotopic (exact) mass is 622 g/mol. The van der Waals surface area contributed by atoms with Crippen molar-refractivity contribution in [2.75, 3.05) is 18.0 Å². The minimum absolute atomic E-state index is 0.0360. The Morgan fingerprint density at radius 3 is 2.30 bits per heavy atom. The first kappa shape index (κ1) is 32.5. The van der Waals surface area contributed by atoms with Gasteiger partial charge in [0.15, 0.2) is 0 Å². The quantitative estimate of drug-likeness (QED) is 0.224. The molecule has 1 aliphatic rings. The van der Waals surface area contributed by atoms with Crippen LogP contribution in [0, 0.1) is 24.0 Å². The summed E-state index contributed by atoms with van der Waals surface area (Å²) in [6, 6.07) is 16.4. The number of nitrogens with zero attached hydrogens (tertiary/aromatic N) is 3. The van der Waals surface area contributed by atoms with Crippen molar-refractivity contribution in [1.29, 1.82) is 0 Å². The Morgan fingerprint density at radius 2 is 1.68 bits per heavy atom. The number of ether oxygens (including phenoxy) is 1. The molecule has 1 atom stereocenters. The minimum atomic E-state index is -4.48. The van der Waals surface area contributed by atoms with Crippen LogP contribution in [0.1, 0.15) is 49.3 Å². The molecule has 12 heteroatoms. The minimum Gasteiger partial charge on any atom is -0.497 e. The van der Waals surface area contributed by atoms with Crippen molar-refractivity contribution >= 4 is 33.2 Å². The van der Waals surface area contributed by atoms with Crippen molar-refractivity contribution in [2.45, 2.75) is 70.0 Å². The summed E-state index contributed by atoms with van der Waals surface area (Å²) in [7, 11) is -3.01. The molecule has 0 heterocycles. The number of anilines is 1. The number of aryl methyl sites for hydroxylation is 2. The summed E-state index contributed by atoms with van der Waals surface area (Å²) in [5, 5.41) is 14.7. The standard InChI is InChI=1S/C32H38N4O7S/c1-22-9-5-6-10-25(22)20-34(24(3)32(38)33-26-11-7-8-12-26)31(37)21-35(27-14-16-28(43-4)17-15-27)44(41,42)29-18-13-23(2)30(19-29)36(39)40/h5-6,9-10,13-19,24,26H,7-8,11-12,20-21H2,1-4H3,(H,33,38). The van der Waals surface area contributed by atoms with E-state index in [1.165, 1.54) is 43.2 Å². The van der Waals surface area contributed by atoms with Crippen LogP contribution >= 0.6 is 0 Å². The van der Waals surface area contributed by atoms with E-state index in [0.717, 1.165) is 47.2 Å². The fraction of sp³-hybridized carbons (Fsp3) is 0.375. The van der Waals surface area contributed by atoms with Crippen LogP contribution in [0.3, 0.4) is 0 Å². The predicted octanol–water partition coefficient (Wildman–Crippen LogP) is 4.89. The zero-order valence-corrected chi connectivity index (χ0v) is 26.2. The van der Waals surface area contributed by atoms with Gasteiger partial charge in [-0.1, -0.05) is 43.2 Å². The molecule has 0 saturated heterocycles. The molecule has 3 aromatic rings. The Bertz CT molecular complexity index is 1620. The van der Waals surface area contributed by atoms with Crippen molar-refractivity contribution < 1.29 is 27.7 Å². The van der Waals surface area contributed by atoms with Gasteiger partial charge < -0.3 is 15.0 Å². The normalized spacial score (nSPS) is 14.1. The van der Waals surface area contributed by atoms with Gasteiger partial charge in [0.2, 0.25) is 11.8 Å². The van der Waals surface area contributed by atoms with E-state index < -0.39 is 33.4 Å². The fourth-order valence-corrected chi connectivity index (χ4v) is 6.73. The summed E-state index contributed by atoms with van der Waals surface area (Å²) in [5.41, 5.74) is 1.83. The summed E-state index contributed by atoms with van der Waals surface area (Å²) >= 11 is 0. The van der Waals surface area contributed by atoms with E-state index in [-0.39, 0.29) is 34.8 Å². The smallest absolute Gasteiger partial charge is 0.273 e. The maximum Gasteiger partial charge on any atom is 0.273 e. The number of carbonyl (C=O) groups excluding carboxylic acids is 2. The summed E-state index contributed by atoms with van der Waals surface area (Å²) < 4.78 is 34.3. The second kappa shape index (κ2) is 13.9. The molecule has 4 rings (SSSR count). The molecule has 0 spiro atoms. The first-order chi connectivity index (χ1) is 20.9. The highest BCUT2D eigenvalue weighted by atomic mass is 32.2. The number of sulfonamides is 1. The molecule has 234 valence electrons. The number of nitrogens with one attached hydrogen (secondary N) is 1. The zero-order chi connectivity index (χ0) is 32.0. The maximum atomic E-state index is 14.2. The molecule has 1 saturated carbocycles. The van der Waals surface area contributed by atoms with Gasteiger partial charge in [-0.2, -0.15) is 0 Å². The van der Waals surface area contributed by atoms with Crippen LogP contribution in [-0.2, 0) is 26.2 Å². The van der Waals surface area contributed by atoms with Crippen LogP contribution in [-0.4, -0.2) is 55.8 Å². The van der Waals surface area contributed by atoms with Gasteiger partial charge in [0, 0.05) is 24.2 Å². The molecule has 0 bridgehead atoms. The molecule has 0 aromatic heterocycles. The van der Waals surface area contributed by atoms with E-state index in [1.54, 1.807) is 19.1 Å². The summed E-state index contributed by atoms with van der Waals surface area (Å²) in [6.07, 6.45) is 3.79. The zero-order valence-electron chi connectivity index (χ0n) is 25.4. The van der Waals surface area contributed by atoms with Crippen LogP contribution in [0.4, 0.5) is 11.4 Å². The molecule has 11 nitrogen and oxygen atoms in total. The summed E-state index contributed by atoms with van der Waals surface area (Å²) in [5.74, 6) is -0.447. The van der Waals surface area contributed by atoms with Gasteiger partial charge in [0.05, 0.1) is 22.6 Å². The Labute approximate surface area is 258 Å². The molecule has 1 fully saturated rings. The number of amides is 2. The second-order valence-corrected chi connectivity index (χ2v) is 12.9. The number of hydrogen-bond acceptors (Lipinski definition) is 7. The third-order valence-electron chi connectivity index (χ3n) is 8.08. The molecule has 1 unspecified atom stereocenters. The molecular formula is C32H38N4O7S. The summed E-state index contributed by atoms with van der Waals surface area (Å²) in [4.78, 5) is 39.6. The number of nitro benzene ring substituents is 1. The third kappa shape index (κ3) is 7.36. The van der Waals surface area contributed by atoms with E-state index in [4.69, 9.17) is 4.74 Å². The molecule has 3 aromatic carbocycles. The molecular weight excluding hydrogens is 584 g/mol. The lowest BCUT2D eigenvalue weighted by atomic mass is 10.1. The van der Waals surface area contributed by atoms with Crippen LogP contribution in [0.2, 0.25) is 0 Å². The lowest BCUT2D eigenvalue weighted by Gasteiger charge is -2.33. The van der Waals surface area contributed by atoms with Gasteiger partial charge >= 0.3 is 0 Å². The van der Waals surface area contributed by atoms with Gasteiger partial charge in [0.1, 0.15) is 18.3 Å². The average molecular weight is 623 g/mol. The fourth-order valence-electron chi connectivity index (χ4n) is 5.30. The van der Waals surface area contributed by atoms with Crippen molar-refractivity contribution in [1.82, 2.24) is 10.2 Å². The van der Waals surface area contributed by atoms with Crippen LogP contribution in [0.25, 0.3) is 0 Å². The molecule has 1 aliphatic carbocycles. The van der Waals surface area contributed by atoms with Gasteiger partial charge in [-0.25, -0.2) is 8.42 Å². The number of benzene rings is 3. The lowest BCUT2D eigenvalue weighted by molar-refractivity contribution is -0.385. The van der Waals surface area contributed by atoms with E-state index in [0.29, 0.717) is 11.3 Å². The van der Waals surface area contributed by atoms with Crippen molar-refractivity contribution in [3.05, 3.63) is 93.5 Å². The molecule has 1 N–H and O–H groups in total. The molecule has 44 heavy (non-hydrogen) atoms. The maximum absolute atomic E-state index is 14.2. The predicted molar refractivity (Wildman–Crippen MR) is 167 cm³/mol. The topological polar surface area (TPSA) is 139 Å². The van der Waals surface area contributed by atoms with Crippen molar-refractivity contribution in [3.63, 3.8) is 0 Å². The Balaban J connectivity index is 1.74. The largest absolute Gasteiger partial charge is 0.497 e. The second-order valence-electron chi connectivity index (χ2n) is 11.0. The van der Waals surface area contributed by atoms with Crippen molar-refractivity contribution in [3.8, 4) is 5.75 Å². The highest BCUT2D eigenvalue weighted by Crippen LogP contribution is 2.30. The molecule has 2 amide bonds. The van der Waals surface area contributed by atoms with Gasteiger partial charge in [-0.15, -0.1) is 0 Å². The third-order valence-corrected chi connectivity index (χ3v) is 9.85.